The van der Waals surface area contributed by atoms with Crippen LogP contribution in [0.5, 0.6) is 0 Å². The number of ketones is 1. The minimum absolute atomic E-state index is 0.0925. The number of alkyl halides is 1. The lowest BCUT2D eigenvalue weighted by atomic mass is 9.94. The lowest BCUT2D eigenvalue weighted by Crippen LogP contribution is -2.17. The Morgan fingerprint density at radius 1 is 1.47 bits per heavy atom. The summed E-state index contributed by atoms with van der Waals surface area (Å²) in [6.45, 7) is 5.60. The van der Waals surface area contributed by atoms with Crippen molar-refractivity contribution in [2.24, 2.45) is 0 Å². The van der Waals surface area contributed by atoms with Crippen molar-refractivity contribution in [2.75, 3.05) is 0 Å². The Bertz CT molecular complexity index is 376. The monoisotopic (exact) mass is 288 g/mol. The maximum absolute atomic E-state index is 11.3. The Morgan fingerprint density at radius 2 is 2.07 bits per heavy atom. The first-order valence-electron chi connectivity index (χ1n) is 4.84. The number of rotatable bonds is 3. The van der Waals surface area contributed by atoms with Gasteiger partial charge in [0.2, 0.25) is 0 Å². The molecule has 0 amide bonds. The molecule has 2 unspecified atom stereocenters. The zero-order chi connectivity index (χ0) is 11.6. The molecule has 0 aliphatic heterocycles. The van der Waals surface area contributed by atoms with Gasteiger partial charge in [0.25, 0.3) is 0 Å². The Hall–Kier alpha value is -0.340. The predicted octanol–water partition coefficient (Wildman–Crippen LogP) is 4.10. The van der Waals surface area contributed by atoms with Gasteiger partial charge in [0.05, 0.1) is 4.83 Å². The summed E-state index contributed by atoms with van der Waals surface area (Å²) in [5.41, 5.74) is 2.18. The summed E-state index contributed by atoms with van der Waals surface area (Å²) in [5.74, 6) is 0.218. The van der Waals surface area contributed by atoms with Gasteiger partial charge >= 0.3 is 0 Å². The summed E-state index contributed by atoms with van der Waals surface area (Å²) < 4.78 is 0. The maximum atomic E-state index is 11.3. The fourth-order valence-corrected chi connectivity index (χ4v) is 2.10. The summed E-state index contributed by atoms with van der Waals surface area (Å²) in [7, 11) is 0. The molecule has 15 heavy (non-hydrogen) atoms. The van der Waals surface area contributed by atoms with Gasteiger partial charge in [0, 0.05) is 10.9 Å². The van der Waals surface area contributed by atoms with E-state index in [9.17, 15) is 4.79 Å². The van der Waals surface area contributed by atoms with E-state index in [0.717, 1.165) is 16.1 Å². The second-order valence-corrected chi connectivity index (χ2v) is 5.22. The van der Waals surface area contributed by atoms with Crippen LogP contribution in [0.4, 0.5) is 0 Å². The third-order valence-electron chi connectivity index (χ3n) is 2.47. The van der Waals surface area contributed by atoms with Crippen molar-refractivity contribution < 1.29 is 4.79 Å². The molecule has 0 spiro atoms. The van der Waals surface area contributed by atoms with E-state index in [1.807, 2.05) is 32.0 Å². The SMILES string of the molecule is CC(=O)C(Br)C(C)c1cc(C)ccc1Cl. The van der Waals surface area contributed by atoms with Crippen LogP contribution in [0.2, 0.25) is 5.02 Å². The molecule has 1 nitrogen and oxygen atoms in total. The van der Waals surface area contributed by atoms with E-state index in [1.54, 1.807) is 6.92 Å². The van der Waals surface area contributed by atoms with Crippen molar-refractivity contribution in [3.05, 3.63) is 34.3 Å². The predicted molar refractivity (Wildman–Crippen MR) is 68.0 cm³/mol. The Kier molecular flexibility index (Phi) is 4.35. The van der Waals surface area contributed by atoms with E-state index in [2.05, 4.69) is 15.9 Å². The van der Waals surface area contributed by atoms with Gasteiger partial charge in [-0.15, -0.1) is 0 Å². The first-order valence-corrected chi connectivity index (χ1v) is 6.13. The number of halogens is 2. The number of carbonyl (C=O) groups excluding carboxylic acids is 1. The fourth-order valence-electron chi connectivity index (χ4n) is 1.52. The van der Waals surface area contributed by atoms with Gasteiger partial charge < -0.3 is 0 Å². The second kappa shape index (κ2) is 5.13. The first kappa shape index (κ1) is 12.7. The number of carbonyl (C=O) groups is 1. The van der Waals surface area contributed by atoms with Crippen molar-refractivity contribution >= 4 is 33.3 Å². The smallest absolute Gasteiger partial charge is 0.144 e. The molecule has 1 aromatic rings. The van der Waals surface area contributed by atoms with Gasteiger partial charge in [0.1, 0.15) is 5.78 Å². The normalized spacial score (nSPS) is 14.7. The van der Waals surface area contributed by atoms with Crippen LogP contribution in [0.25, 0.3) is 0 Å². The summed E-state index contributed by atoms with van der Waals surface area (Å²) in [5, 5.41) is 0.721. The molecule has 0 N–H and O–H groups in total. The van der Waals surface area contributed by atoms with Gasteiger partial charge in [0.15, 0.2) is 0 Å². The molecule has 1 aromatic carbocycles. The zero-order valence-electron chi connectivity index (χ0n) is 9.05. The highest BCUT2D eigenvalue weighted by atomic mass is 79.9. The molecule has 3 heteroatoms. The summed E-state index contributed by atoms with van der Waals surface area (Å²) in [6.07, 6.45) is 0. The topological polar surface area (TPSA) is 17.1 Å². The van der Waals surface area contributed by atoms with Crippen LogP contribution < -0.4 is 0 Å². The molecule has 0 saturated heterocycles. The van der Waals surface area contributed by atoms with Crippen LogP contribution in [0.15, 0.2) is 18.2 Å². The van der Waals surface area contributed by atoms with Crippen LogP contribution >= 0.6 is 27.5 Å². The van der Waals surface area contributed by atoms with E-state index >= 15 is 0 Å². The van der Waals surface area contributed by atoms with Gasteiger partial charge in [-0.3, -0.25) is 4.79 Å². The van der Waals surface area contributed by atoms with Gasteiger partial charge in [-0.05, 0) is 25.5 Å². The van der Waals surface area contributed by atoms with Crippen molar-refractivity contribution in [1.82, 2.24) is 0 Å². The molecule has 0 saturated carbocycles. The minimum atomic E-state index is -0.170. The Labute approximate surface area is 104 Å². The number of benzene rings is 1. The number of aryl methyl sites for hydroxylation is 1. The van der Waals surface area contributed by atoms with Gasteiger partial charge in [-0.25, -0.2) is 0 Å². The van der Waals surface area contributed by atoms with Crippen molar-refractivity contribution in [2.45, 2.75) is 31.5 Å². The van der Waals surface area contributed by atoms with Crippen LogP contribution in [0.3, 0.4) is 0 Å². The van der Waals surface area contributed by atoms with Crippen LogP contribution in [-0.2, 0) is 4.79 Å². The lowest BCUT2D eigenvalue weighted by Gasteiger charge is -2.18. The molecule has 82 valence electrons. The second-order valence-electron chi connectivity index (χ2n) is 3.83. The number of hydrogen-bond acceptors (Lipinski definition) is 1. The molecule has 0 fully saturated rings. The number of Topliss-reactive ketones (excluding diaryl/α,β-unsaturated/α-hetero) is 1. The van der Waals surface area contributed by atoms with E-state index in [-0.39, 0.29) is 16.5 Å². The highest BCUT2D eigenvalue weighted by Crippen LogP contribution is 2.31. The largest absolute Gasteiger partial charge is 0.299 e. The third-order valence-corrected chi connectivity index (χ3v) is 4.25. The summed E-state index contributed by atoms with van der Waals surface area (Å²) in [6, 6.07) is 5.88. The first-order chi connectivity index (χ1) is 6.93. The molecule has 2 atom stereocenters. The van der Waals surface area contributed by atoms with Gasteiger partial charge in [-0.1, -0.05) is 52.2 Å². The van der Waals surface area contributed by atoms with Crippen molar-refractivity contribution in [3.8, 4) is 0 Å². The van der Waals surface area contributed by atoms with E-state index in [1.165, 1.54) is 0 Å². The molecule has 0 aromatic heterocycles. The molecule has 0 heterocycles. The molecule has 0 aliphatic rings. The molecular weight excluding hydrogens is 275 g/mol. The highest BCUT2D eigenvalue weighted by Gasteiger charge is 2.21. The average molecular weight is 290 g/mol. The molecule has 0 radical (unpaired) electrons. The molecule has 0 bridgehead atoms. The molecular formula is C12H14BrClO. The van der Waals surface area contributed by atoms with Gasteiger partial charge in [-0.2, -0.15) is 0 Å². The average Bonchev–Trinajstić information content (AvgIpc) is 2.19. The van der Waals surface area contributed by atoms with Crippen molar-refractivity contribution in [3.63, 3.8) is 0 Å². The number of hydrogen-bond donors (Lipinski definition) is 0. The van der Waals surface area contributed by atoms with Crippen LogP contribution in [-0.4, -0.2) is 10.6 Å². The highest BCUT2D eigenvalue weighted by molar-refractivity contribution is 9.10. The third kappa shape index (κ3) is 3.05. The quantitative estimate of drug-likeness (QED) is 0.766. The van der Waals surface area contributed by atoms with E-state index in [0.29, 0.717) is 0 Å². The summed E-state index contributed by atoms with van der Waals surface area (Å²) >= 11 is 9.50. The van der Waals surface area contributed by atoms with Crippen LogP contribution in [0.1, 0.15) is 30.9 Å². The molecule has 0 aliphatic carbocycles. The Morgan fingerprint density at radius 3 is 2.60 bits per heavy atom. The zero-order valence-corrected chi connectivity index (χ0v) is 11.4. The fraction of sp³-hybridized carbons (Fsp3) is 0.417. The minimum Gasteiger partial charge on any atom is -0.299 e. The maximum Gasteiger partial charge on any atom is 0.144 e. The lowest BCUT2D eigenvalue weighted by molar-refractivity contribution is -0.116. The molecule has 1 rings (SSSR count). The van der Waals surface area contributed by atoms with Crippen LogP contribution in [0, 0.1) is 6.92 Å². The van der Waals surface area contributed by atoms with Crippen molar-refractivity contribution in [1.29, 1.82) is 0 Å². The standard InChI is InChI=1S/C12H14BrClO/c1-7-4-5-11(14)10(6-7)8(2)12(13)9(3)15/h4-6,8,12H,1-3H3. The Balaban J connectivity index is 3.04. The summed E-state index contributed by atoms with van der Waals surface area (Å²) in [4.78, 5) is 11.1. The van der Waals surface area contributed by atoms with E-state index in [4.69, 9.17) is 11.6 Å². The van der Waals surface area contributed by atoms with E-state index < -0.39 is 0 Å².